The van der Waals surface area contributed by atoms with Crippen molar-refractivity contribution in [1.29, 1.82) is 0 Å². The maximum absolute atomic E-state index is 6.59. The van der Waals surface area contributed by atoms with E-state index in [0.717, 1.165) is 51.0 Å². The highest BCUT2D eigenvalue weighted by atomic mass is 16.3. The predicted octanol–water partition coefficient (Wildman–Crippen LogP) is 12.1. The molecule has 8 aromatic rings. The van der Waals surface area contributed by atoms with Crippen LogP contribution in [-0.2, 0) is 0 Å². The van der Waals surface area contributed by atoms with Gasteiger partial charge in [0.25, 0.3) is 0 Å². The Kier molecular flexibility index (Phi) is 7.24. The zero-order valence-corrected chi connectivity index (χ0v) is 27.3. The van der Waals surface area contributed by atoms with Crippen LogP contribution in [0.1, 0.15) is 36.1 Å². The van der Waals surface area contributed by atoms with Crippen molar-refractivity contribution < 1.29 is 4.42 Å². The van der Waals surface area contributed by atoms with E-state index in [1.807, 2.05) is 6.07 Å². The number of aliphatic imine (C=N–C) groups is 2. The van der Waals surface area contributed by atoms with Gasteiger partial charge in [0.2, 0.25) is 0 Å². The molecule has 49 heavy (non-hydrogen) atoms. The van der Waals surface area contributed by atoms with Crippen molar-refractivity contribution in [2.45, 2.75) is 19.4 Å². The second kappa shape index (κ2) is 12.2. The van der Waals surface area contributed by atoms with E-state index < -0.39 is 0 Å². The number of nitrogens with zero attached hydrogens (tertiary/aromatic N) is 2. The number of rotatable bonds is 6. The largest absolute Gasteiger partial charge is 0.456 e. The van der Waals surface area contributed by atoms with E-state index in [2.05, 4.69) is 165 Å². The third-order valence-corrected chi connectivity index (χ3v) is 9.91. The van der Waals surface area contributed by atoms with Crippen LogP contribution in [0.25, 0.3) is 55.0 Å². The van der Waals surface area contributed by atoms with E-state index in [9.17, 15) is 0 Å². The molecule has 0 amide bonds. The molecule has 1 aromatic heterocycles. The number of furan rings is 1. The van der Waals surface area contributed by atoms with Crippen molar-refractivity contribution in [3.05, 3.63) is 180 Å². The van der Waals surface area contributed by atoms with E-state index in [-0.39, 0.29) is 12.0 Å². The molecule has 0 aliphatic carbocycles. The highest BCUT2D eigenvalue weighted by molar-refractivity contribution is 6.22. The first-order valence-electron chi connectivity index (χ1n) is 17.1. The Morgan fingerprint density at radius 3 is 1.80 bits per heavy atom. The van der Waals surface area contributed by atoms with Crippen molar-refractivity contribution in [3.63, 3.8) is 0 Å². The zero-order valence-electron chi connectivity index (χ0n) is 27.3. The van der Waals surface area contributed by atoms with E-state index in [1.54, 1.807) is 0 Å². The molecule has 7 aromatic carbocycles. The van der Waals surface area contributed by atoms with Gasteiger partial charge < -0.3 is 4.42 Å². The minimum absolute atomic E-state index is 0.104. The van der Waals surface area contributed by atoms with Crippen molar-refractivity contribution in [3.8, 4) is 22.3 Å². The standard InChI is InChI=1S/C46H34N2O/c1-2-36-44(33-24-22-31(23-25-33)30-14-6-3-7-15-30)47-46(34-18-10-5-11-19-34)48-45(36)35-26-27-41-40(28-35)43-38-21-13-12-20-37(38)39(29-42(43)49-41)32-16-8-4-9-17-32/h3-29,36,45H,2H2,1H3. The van der Waals surface area contributed by atoms with Gasteiger partial charge in [-0.3, -0.25) is 4.99 Å². The first kappa shape index (κ1) is 29.1. The maximum Gasteiger partial charge on any atom is 0.155 e. The van der Waals surface area contributed by atoms with Gasteiger partial charge >= 0.3 is 0 Å². The monoisotopic (exact) mass is 630 g/mol. The number of amidine groups is 1. The molecule has 0 fully saturated rings. The fourth-order valence-electron chi connectivity index (χ4n) is 7.49. The summed E-state index contributed by atoms with van der Waals surface area (Å²) in [6, 6.07) is 57.7. The number of hydrogen-bond donors (Lipinski definition) is 0. The summed E-state index contributed by atoms with van der Waals surface area (Å²) in [6.45, 7) is 2.25. The Morgan fingerprint density at radius 2 is 1.10 bits per heavy atom. The van der Waals surface area contributed by atoms with Gasteiger partial charge in [0.05, 0.1) is 11.8 Å². The van der Waals surface area contributed by atoms with Crippen LogP contribution < -0.4 is 0 Å². The lowest BCUT2D eigenvalue weighted by Crippen LogP contribution is -2.28. The molecule has 0 N–H and O–H groups in total. The maximum atomic E-state index is 6.59. The lowest BCUT2D eigenvalue weighted by molar-refractivity contribution is 0.533. The van der Waals surface area contributed by atoms with E-state index >= 15 is 0 Å². The number of fused-ring (bicyclic) bond motifs is 5. The number of benzene rings is 7. The summed E-state index contributed by atoms with van der Waals surface area (Å²) >= 11 is 0. The highest BCUT2D eigenvalue weighted by Crippen LogP contribution is 2.43. The summed E-state index contributed by atoms with van der Waals surface area (Å²) in [5, 5.41) is 4.68. The molecule has 0 saturated carbocycles. The minimum Gasteiger partial charge on any atom is -0.456 e. The first-order valence-corrected chi connectivity index (χ1v) is 17.1. The van der Waals surface area contributed by atoms with Crippen LogP contribution in [0.4, 0.5) is 0 Å². The second-order valence-electron chi connectivity index (χ2n) is 12.8. The van der Waals surface area contributed by atoms with Crippen molar-refractivity contribution in [2.24, 2.45) is 15.9 Å². The second-order valence-corrected chi connectivity index (χ2v) is 12.8. The van der Waals surface area contributed by atoms with Crippen LogP contribution in [0.3, 0.4) is 0 Å². The minimum atomic E-state index is -0.106. The summed E-state index contributed by atoms with van der Waals surface area (Å²) < 4.78 is 6.59. The Labute approximate surface area is 285 Å². The molecule has 234 valence electrons. The van der Waals surface area contributed by atoms with Crippen LogP contribution in [0.15, 0.2) is 178 Å². The van der Waals surface area contributed by atoms with E-state index in [1.165, 1.54) is 38.6 Å². The first-order chi connectivity index (χ1) is 24.2. The van der Waals surface area contributed by atoms with Gasteiger partial charge in [-0.15, -0.1) is 0 Å². The van der Waals surface area contributed by atoms with Gasteiger partial charge in [-0.25, -0.2) is 4.99 Å². The number of hydrogen-bond acceptors (Lipinski definition) is 3. The summed E-state index contributed by atoms with van der Waals surface area (Å²) in [6.07, 6.45) is 0.906. The predicted molar refractivity (Wildman–Crippen MR) is 205 cm³/mol. The highest BCUT2D eigenvalue weighted by Gasteiger charge is 2.32. The third-order valence-electron chi connectivity index (χ3n) is 9.91. The summed E-state index contributed by atoms with van der Waals surface area (Å²) in [5.74, 6) is 0.875. The average Bonchev–Trinajstić information content (AvgIpc) is 3.56. The summed E-state index contributed by atoms with van der Waals surface area (Å²) in [4.78, 5) is 10.7. The smallest absolute Gasteiger partial charge is 0.155 e. The summed E-state index contributed by atoms with van der Waals surface area (Å²) in [5.41, 5.74) is 11.0. The fourth-order valence-corrected chi connectivity index (χ4v) is 7.49. The van der Waals surface area contributed by atoms with Crippen LogP contribution in [0, 0.1) is 5.92 Å². The Bertz CT molecular complexity index is 2510. The van der Waals surface area contributed by atoms with Crippen LogP contribution in [-0.4, -0.2) is 11.5 Å². The fraction of sp³-hybridized carbons (Fsp3) is 0.0870. The third kappa shape index (κ3) is 5.15. The van der Waals surface area contributed by atoms with Crippen molar-refractivity contribution in [1.82, 2.24) is 0 Å². The molecule has 3 heteroatoms. The van der Waals surface area contributed by atoms with Gasteiger partial charge in [-0.2, -0.15) is 0 Å². The SMILES string of the molecule is CCC1C(c2ccc(-c3ccccc3)cc2)=NC(c2ccccc2)=NC1c1ccc2oc3cc(-c4ccccc4)c4ccccc4c3c2c1. The van der Waals surface area contributed by atoms with Gasteiger partial charge in [-0.1, -0.05) is 153 Å². The lowest BCUT2D eigenvalue weighted by Gasteiger charge is -2.30. The molecule has 2 unspecified atom stereocenters. The molecule has 0 spiro atoms. The molecular weight excluding hydrogens is 597 g/mol. The van der Waals surface area contributed by atoms with Crippen LogP contribution in [0.2, 0.25) is 0 Å². The Hall–Kier alpha value is -6.06. The quantitative estimate of drug-likeness (QED) is 0.180. The lowest BCUT2D eigenvalue weighted by atomic mass is 9.82. The average molecular weight is 631 g/mol. The molecule has 9 rings (SSSR count). The molecule has 1 aliphatic rings. The van der Waals surface area contributed by atoms with Crippen LogP contribution in [0.5, 0.6) is 0 Å². The van der Waals surface area contributed by atoms with E-state index in [4.69, 9.17) is 14.4 Å². The van der Waals surface area contributed by atoms with Crippen molar-refractivity contribution >= 4 is 44.3 Å². The van der Waals surface area contributed by atoms with Gasteiger partial charge in [-0.05, 0) is 68.8 Å². The molecule has 2 atom stereocenters. The Morgan fingerprint density at radius 1 is 0.510 bits per heavy atom. The summed E-state index contributed by atoms with van der Waals surface area (Å²) in [7, 11) is 0. The molecule has 0 radical (unpaired) electrons. The molecule has 1 aliphatic heterocycles. The van der Waals surface area contributed by atoms with Gasteiger partial charge in [0, 0.05) is 22.3 Å². The van der Waals surface area contributed by atoms with Crippen LogP contribution >= 0.6 is 0 Å². The Balaban J connectivity index is 1.20. The van der Waals surface area contributed by atoms with E-state index in [0.29, 0.717) is 0 Å². The molecular formula is C46H34N2O. The molecule has 0 bridgehead atoms. The molecule has 0 saturated heterocycles. The van der Waals surface area contributed by atoms with Gasteiger partial charge in [0.15, 0.2) is 5.84 Å². The topological polar surface area (TPSA) is 37.9 Å². The molecule has 2 heterocycles. The molecule has 3 nitrogen and oxygen atoms in total. The zero-order chi connectivity index (χ0) is 32.7. The van der Waals surface area contributed by atoms with Crippen molar-refractivity contribution in [2.75, 3.05) is 0 Å². The van der Waals surface area contributed by atoms with Gasteiger partial charge in [0.1, 0.15) is 11.2 Å². The normalized spacial score (nSPS) is 16.2.